The van der Waals surface area contributed by atoms with Crippen LogP contribution in [0.5, 0.6) is 5.75 Å². The van der Waals surface area contributed by atoms with Crippen LogP contribution in [0.2, 0.25) is 0 Å². The maximum Gasteiger partial charge on any atom is 0.314 e. The average molecular weight is 378 g/mol. The molecular formula is C20H18N4O4. The van der Waals surface area contributed by atoms with Gasteiger partial charge in [0.25, 0.3) is 5.91 Å². The summed E-state index contributed by atoms with van der Waals surface area (Å²) in [5, 5.41) is 3.93. The van der Waals surface area contributed by atoms with Crippen LogP contribution in [0.1, 0.15) is 15.9 Å². The predicted molar refractivity (Wildman–Crippen MR) is 106 cm³/mol. The molecule has 4 rings (SSSR count). The van der Waals surface area contributed by atoms with Crippen LogP contribution >= 0.6 is 0 Å². The Balaban J connectivity index is 1.47. The number of methoxy groups -OCH3 is 1. The highest BCUT2D eigenvalue weighted by molar-refractivity contribution is 5.97. The molecule has 4 aromatic rings. The van der Waals surface area contributed by atoms with E-state index < -0.39 is 11.1 Å². The minimum Gasteiger partial charge on any atom is -0.497 e. The first-order valence-electron chi connectivity index (χ1n) is 8.74. The molecule has 142 valence electrons. The second-order valence-electron chi connectivity index (χ2n) is 6.40. The van der Waals surface area contributed by atoms with Crippen molar-refractivity contribution in [2.75, 3.05) is 13.7 Å². The van der Waals surface area contributed by atoms with Crippen LogP contribution in [0.25, 0.3) is 21.9 Å². The monoisotopic (exact) mass is 378 g/mol. The lowest BCUT2D eigenvalue weighted by atomic mass is 10.1. The number of aromatic nitrogens is 3. The van der Waals surface area contributed by atoms with E-state index in [1.54, 1.807) is 25.3 Å². The quantitative estimate of drug-likeness (QED) is 0.395. The van der Waals surface area contributed by atoms with E-state index in [-0.39, 0.29) is 5.91 Å². The molecule has 0 saturated heterocycles. The molecule has 0 fully saturated rings. The number of fused-ring (bicyclic) bond motifs is 2. The molecule has 2 heterocycles. The molecule has 0 bridgehead atoms. The Morgan fingerprint density at radius 3 is 2.54 bits per heavy atom. The standard InChI is InChI=1S/C20H18N4O4/c1-28-13-3-5-15-14(9-13)12(10-22-15)6-7-21-18(25)11-2-4-16-17(8-11)24-20(27)19(26)23-16/h2-5,8-10,22H,6-7H2,1H3,(H,21,25)(H,23,26)(H,24,27). The van der Waals surface area contributed by atoms with Gasteiger partial charge in [0, 0.05) is 29.2 Å². The first kappa shape index (κ1) is 17.6. The fraction of sp³-hybridized carbons (Fsp3) is 0.150. The molecule has 8 nitrogen and oxygen atoms in total. The fourth-order valence-corrected chi connectivity index (χ4v) is 3.16. The van der Waals surface area contributed by atoms with E-state index in [9.17, 15) is 14.4 Å². The van der Waals surface area contributed by atoms with Gasteiger partial charge < -0.3 is 25.0 Å². The van der Waals surface area contributed by atoms with Crippen LogP contribution < -0.4 is 21.2 Å². The smallest absolute Gasteiger partial charge is 0.314 e. The number of hydrogen-bond donors (Lipinski definition) is 4. The van der Waals surface area contributed by atoms with Crippen LogP contribution in [0.4, 0.5) is 0 Å². The van der Waals surface area contributed by atoms with Gasteiger partial charge >= 0.3 is 11.1 Å². The maximum absolute atomic E-state index is 12.4. The van der Waals surface area contributed by atoms with Gasteiger partial charge in [-0.25, -0.2) is 0 Å². The highest BCUT2D eigenvalue weighted by Gasteiger charge is 2.09. The van der Waals surface area contributed by atoms with Gasteiger partial charge in [-0.1, -0.05) is 0 Å². The first-order chi connectivity index (χ1) is 13.5. The lowest BCUT2D eigenvalue weighted by Gasteiger charge is -2.06. The van der Waals surface area contributed by atoms with Crippen molar-refractivity contribution in [3.05, 3.63) is 74.4 Å². The SMILES string of the molecule is COc1ccc2[nH]cc(CCNC(=O)c3ccc4[nH]c(=O)c(=O)[nH]c4c3)c2c1. The van der Waals surface area contributed by atoms with Crippen LogP contribution in [0.15, 0.2) is 52.2 Å². The number of hydrogen-bond acceptors (Lipinski definition) is 4. The minimum atomic E-state index is -0.750. The van der Waals surface area contributed by atoms with Crippen molar-refractivity contribution >= 4 is 27.8 Å². The highest BCUT2D eigenvalue weighted by atomic mass is 16.5. The molecule has 2 aromatic heterocycles. The fourth-order valence-electron chi connectivity index (χ4n) is 3.16. The number of aromatic amines is 3. The number of carbonyl (C=O) groups excluding carboxylic acids is 1. The van der Waals surface area contributed by atoms with Gasteiger partial charge in [0.2, 0.25) is 0 Å². The lowest BCUT2D eigenvalue weighted by molar-refractivity contribution is 0.0954. The molecule has 0 aliphatic carbocycles. The van der Waals surface area contributed by atoms with E-state index in [2.05, 4.69) is 20.3 Å². The van der Waals surface area contributed by atoms with Crippen LogP contribution in [0, 0.1) is 0 Å². The zero-order valence-electron chi connectivity index (χ0n) is 15.1. The Hall–Kier alpha value is -3.81. The van der Waals surface area contributed by atoms with Crippen LogP contribution in [0.3, 0.4) is 0 Å². The van der Waals surface area contributed by atoms with Gasteiger partial charge in [-0.05, 0) is 48.4 Å². The van der Waals surface area contributed by atoms with E-state index in [4.69, 9.17) is 4.74 Å². The van der Waals surface area contributed by atoms with Crippen molar-refractivity contribution < 1.29 is 9.53 Å². The van der Waals surface area contributed by atoms with Gasteiger partial charge in [-0.3, -0.25) is 14.4 Å². The summed E-state index contributed by atoms with van der Waals surface area (Å²) in [6.45, 7) is 0.448. The van der Waals surface area contributed by atoms with Crippen molar-refractivity contribution in [1.29, 1.82) is 0 Å². The molecule has 2 aromatic carbocycles. The number of carbonyl (C=O) groups is 1. The Kier molecular flexibility index (Phi) is 4.44. The molecule has 0 spiro atoms. The zero-order valence-corrected chi connectivity index (χ0v) is 15.1. The summed E-state index contributed by atoms with van der Waals surface area (Å²) in [7, 11) is 1.63. The van der Waals surface area contributed by atoms with Gasteiger partial charge in [0.1, 0.15) is 5.75 Å². The van der Waals surface area contributed by atoms with E-state index in [1.807, 2.05) is 24.4 Å². The van der Waals surface area contributed by atoms with Gasteiger partial charge in [0.05, 0.1) is 18.1 Å². The summed E-state index contributed by atoms with van der Waals surface area (Å²) < 4.78 is 5.27. The number of benzene rings is 2. The summed E-state index contributed by atoms with van der Waals surface area (Å²) in [5.74, 6) is 0.520. The molecule has 0 atom stereocenters. The third kappa shape index (κ3) is 3.27. The van der Waals surface area contributed by atoms with Crippen molar-refractivity contribution in [3.8, 4) is 5.75 Å². The van der Waals surface area contributed by atoms with Crippen LogP contribution in [-0.4, -0.2) is 34.5 Å². The number of amides is 1. The molecule has 28 heavy (non-hydrogen) atoms. The highest BCUT2D eigenvalue weighted by Crippen LogP contribution is 2.23. The third-order valence-electron chi connectivity index (χ3n) is 4.64. The number of ether oxygens (including phenoxy) is 1. The molecule has 0 saturated carbocycles. The number of rotatable bonds is 5. The molecule has 1 amide bonds. The largest absolute Gasteiger partial charge is 0.497 e. The summed E-state index contributed by atoms with van der Waals surface area (Å²) in [6.07, 6.45) is 2.57. The third-order valence-corrected chi connectivity index (χ3v) is 4.64. The molecule has 0 aliphatic heterocycles. The van der Waals surface area contributed by atoms with Crippen molar-refractivity contribution in [2.24, 2.45) is 0 Å². The molecule has 0 radical (unpaired) electrons. The summed E-state index contributed by atoms with van der Waals surface area (Å²) in [5.41, 5.74) is 1.88. The number of nitrogens with one attached hydrogen (secondary N) is 4. The Morgan fingerprint density at radius 2 is 1.75 bits per heavy atom. The average Bonchev–Trinajstić information content (AvgIpc) is 3.10. The van der Waals surface area contributed by atoms with Gasteiger partial charge in [0.15, 0.2) is 0 Å². The predicted octanol–water partition coefficient (Wildman–Crippen LogP) is 1.68. The second-order valence-corrected chi connectivity index (χ2v) is 6.40. The summed E-state index contributed by atoms with van der Waals surface area (Å²) in [4.78, 5) is 43.4. The summed E-state index contributed by atoms with van der Waals surface area (Å²) >= 11 is 0. The molecule has 0 aliphatic rings. The zero-order chi connectivity index (χ0) is 19.7. The van der Waals surface area contributed by atoms with E-state index >= 15 is 0 Å². The Morgan fingerprint density at radius 1 is 1.00 bits per heavy atom. The lowest BCUT2D eigenvalue weighted by Crippen LogP contribution is -2.29. The normalized spacial score (nSPS) is 11.0. The topological polar surface area (TPSA) is 120 Å². The van der Waals surface area contributed by atoms with E-state index in [0.717, 1.165) is 22.2 Å². The maximum atomic E-state index is 12.4. The van der Waals surface area contributed by atoms with Crippen molar-refractivity contribution in [3.63, 3.8) is 0 Å². The molecule has 4 N–H and O–H groups in total. The van der Waals surface area contributed by atoms with Gasteiger partial charge in [-0.15, -0.1) is 0 Å². The first-order valence-corrected chi connectivity index (χ1v) is 8.74. The Bertz CT molecular complexity index is 1300. The second kappa shape index (κ2) is 7.07. The molecule has 8 heteroatoms. The Labute approximate surface area is 158 Å². The van der Waals surface area contributed by atoms with Crippen LogP contribution in [-0.2, 0) is 6.42 Å². The van der Waals surface area contributed by atoms with E-state index in [1.165, 1.54) is 0 Å². The summed E-state index contributed by atoms with van der Waals surface area (Å²) in [6, 6.07) is 10.5. The number of H-pyrrole nitrogens is 3. The van der Waals surface area contributed by atoms with Gasteiger partial charge in [-0.2, -0.15) is 0 Å². The van der Waals surface area contributed by atoms with Crippen molar-refractivity contribution in [1.82, 2.24) is 20.3 Å². The minimum absolute atomic E-state index is 0.258. The molecular weight excluding hydrogens is 360 g/mol. The molecule has 0 unspecified atom stereocenters. The van der Waals surface area contributed by atoms with E-state index in [0.29, 0.717) is 29.6 Å². The van der Waals surface area contributed by atoms with Crippen molar-refractivity contribution in [2.45, 2.75) is 6.42 Å².